The highest BCUT2D eigenvalue weighted by Crippen LogP contribution is 2.38. The Morgan fingerprint density at radius 2 is 1.28 bits per heavy atom. The molecule has 0 aliphatic carbocycles. The summed E-state index contributed by atoms with van der Waals surface area (Å²) < 4.78 is 0.827. The molecule has 0 spiro atoms. The molecule has 0 fully saturated rings. The Morgan fingerprint density at radius 1 is 0.783 bits per heavy atom. The third-order valence-electron chi connectivity index (χ3n) is 9.00. The number of aliphatic carboxylic acids is 1. The number of carbonyl (C=O) groups is 5. The third-order valence-corrected chi connectivity index (χ3v) is 9.17. The van der Waals surface area contributed by atoms with Crippen LogP contribution in [0.25, 0.3) is 16.4 Å². The van der Waals surface area contributed by atoms with Gasteiger partial charge in [0.25, 0.3) is 16.8 Å². The maximum absolute atomic E-state index is 13.9. The van der Waals surface area contributed by atoms with Crippen molar-refractivity contribution in [3.8, 4) is 17.8 Å². The van der Waals surface area contributed by atoms with E-state index in [4.69, 9.17) is 18.2 Å². The molecule has 5 aromatic rings. The van der Waals surface area contributed by atoms with Crippen LogP contribution in [0.15, 0.2) is 79.6 Å². The fourth-order valence-electron chi connectivity index (χ4n) is 6.04. The van der Waals surface area contributed by atoms with Crippen molar-refractivity contribution in [1.82, 2.24) is 24.1 Å². The fourth-order valence-corrected chi connectivity index (χ4v) is 6.20. The number of nitrogens with one attached hydrogen (secondary N) is 2. The van der Waals surface area contributed by atoms with Gasteiger partial charge in [-0.25, -0.2) is 33.8 Å². The molecule has 0 radical (unpaired) electrons. The minimum Gasteiger partial charge on any atom is -0.502 e. The van der Waals surface area contributed by atoms with E-state index in [-0.39, 0.29) is 0 Å². The molecular weight excluding hydrogens is 942 g/mol. The summed E-state index contributed by atoms with van der Waals surface area (Å²) in [5.74, 6) is -12.9. The molecule has 29 nitrogen and oxygen atoms in total. The quantitative estimate of drug-likeness (QED) is 0.0170. The number of azo groups is 2. The molecule has 69 heavy (non-hydrogen) atoms. The van der Waals surface area contributed by atoms with Gasteiger partial charge in [-0.15, -0.1) is 20.5 Å². The Kier molecular flexibility index (Phi) is 14.8. The van der Waals surface area contributed by atoms with Crippen LogP contribution in [0.3, 0.4) is 0 Å². The van der Waals surface area contributed by atoms with Crippen molar-refractivity contribution in [2.45, 2.75) is 13.0 Å². The van der Waals surface area contributed by atoms with Crippen LogP contribution in [-0.4, -0.2) is 101 Å². The lowest BCUT2D eigenvalue weighted by Crippen LogP contribution is -2.26. The molecule has 0 aliphatic rings. The second-order valence-corrected chi connectivity index (χ2v) is 13.4. The maximum atomic E-state index is 13.9. The van der Waals surface area contributed by atoms with E-state index in [1.54, 1.807) is 6.07 Å². The smallest absolute Gasteiger partial charge is 0.337 e. The topological polar surface area (TPSA) is 441 Å². The van der Waals surface area contributed by atoms with E-state index >= 15 is 0 Å². The lowest BCUT2D eigenvalue weighted by molar-refractivity contribution is -0.169. The van der Waals surface area contributed by atoms with E-state index in [1.807, 2.05) is 0 Å². The number of aromatic carboxylic acids is 4. The van der Waals surface area contributed by atoms with Crippen molar-refractivity contribution in [1.29, 1.82) is 5.26 Å². The summed E-state index contributed by atoms with van der Waals surface area (Å²) in [6.45, 7) is 13.6. The highest BCUT2D eigenvalue weighted by molar-refractivity contribution is 6.28. The van der Waals surface area contributed by atoms with Crippen molar-refractivity contribution >= 4 is 93.4 Å². The number of rotatable bonds is 19. The van der Waals surface area contributed by atoms with Crippen molar-refractivity contribution < 1.29 is 69.9 Å². The average molecular weight is 968 g/mol. The van der Waals surface area contributed by atoms with Crippen molar-refractivity contribution in [2.24, 2.45) is 20.5 Å². The monoisotopic (exact) mass is 967 g/mol. The van der Waals surface area contributed by atoms with E-state index in [9.17, 15) is 79.8 Å². The Balaban J connectivity index is 1.52. The first-order chi connectivity index (χ1) is 32.7. The van der Waals surface area contributed by atoms with E-state index < -0.39 is 168 Å². The van der Waals surface area contributed by atoms with Crippen LogP contribution in [0.5, 0.6) is 11.8 Å². The normalized spacial score (nSPS) is 10.8. The first-order valence-corrected chi connectivity index (χ1v) is 18.7. The van der Waals surface area contributed by atoms with Crippen molar-refractivity contribution in [2.75, 3.05) is 17.2 Å². The standard InChI is InChI=1S/C39H26ClN13O16/c1-14(69-68)23-21(13-41)29(56)52(30(57)28(23)51-49-25-18(35(64)65)8-5-9-19(25)36(66)67)11-10-43-38-45-37(40)46-39(47-38)44-15(2)53-31(58)26(42-3)20(12-22(54)55)27(32(53)59)50-48-24-16(33(60)61)6-4-7-17(24)34(62)63/h4-9,56,58,68H,1-2,10-12H2,(H,54,55)(H,60,61)(H,62,63)(H,64,65)(H,66,67)(H2,43,44,45,46,47). The summed E-state index contributed by atoms with van der Waals surface area (Å²) >= 11 is 6.10. The summed E-state index contributed by atoms with van der Waals surface area (Å²) in [5, 5.41) is 109. The number of hydrogen-bond donors (Lipinski definition) is 10. The van der Waals surface area contributed by atoms with Gasteiger partial charge in [0.2, 0.25) is 28.9 Å². The molecule has 10 N–H and O–H groups in total. The minimum absolute atomic E-state index is 0.291. The molecule has 0 amide bonds. The van der Waals surface area contributed by atoms with Crippen LogP contribution < -0.4 is 21.8 Å². The number of nitrogens with zero attached hydrogens (tertiary/aromatic N) is 11. The Morgan fingerprint density at radius 3 is 1.74 bits per heavy atom. The van der Waals surface area contributed by atoms with Gasteiger partial charge in [0.1, 0.15) is 34.5 Å². The lowest BCUT2D eigenvalue weighted by atomic mass is 10.1. The molecule has 0 aliphatic heterocycles. The number of pyridine rings is 2. The predicted octanol–water partition coefficient (Wildman–Crippen LogP) is 5.05. The fraction of sp³-hybridized carbons (Fsp3) is 0.0769. The van der Waals surface area contributed by atoms with Gasteiger partial charge in [0.15, 0.2) is 11.4 Å². The van der Waals surface area contributed by atoms with Crippen LogP contribution in [0, 0.1) is 17.9 Å². The molecule has 0 bridgehead atoms. The Hall–Kier alpha value is -10.4. The van der Waals surface area contributed by atoms with Crippen molar-refractivity contribution in [3.05, 3.63) is 126 Å². The van der Waals surface area contributed by atoms with Crippen LogP contribution in [0.1, 0.15) is 58.1 Å². The molecule has 3 aromatic heterocycles. The number of aromatic nitrogens is 5. The molecule has 350 valence electrons. The molecule has 0 saturated heterocycles. The number of benzene rings is 2. The zero-order valence-corrected chi connectivity index (χ0v) is 34.9. The molecule has 30 heteroatoms. The van der Waals surface area contributed by atoms with Gasteiger partial charge in [-0.05, 0) is 35.9 Å². The van der Waals surface area contributed by atoms with E-state index in [1.165, 1.54) is 0 Å². The highest BCUT2D eigenvalue weighted by atomic mass is 35.5. The average Bonchev–Trinajstić information content (AvgIpc) is 3.28. The van der Waals surface area contributed by atoms with Crippen LogP contribution >= 0.6 is 11.6 Å². The van der Waals surface area contributed by atoms with Gasteiger partial charge < -0.3 is 51.3 Å². The van der Waals surface area contributed by atoms with Crippen LogP contribution in [0.4, 0.5) is 40.3 Å². The molecule has 3 heterocycles. The Bertz CT molecular complexity index is 3290. The summed E-state index contributed by atoms with van der Waals surface area (Å²) in [6, 6.07) is 7.67. The molecule has 0 saturated carbocycles. The zero-order valence-electron chi connectivity index (χ0n) is 34.1. The minimum atomic E-state index is -1.66. The second kappa shape index (κ2) is 20.6. The highest BCUT2D eigenvalue weighted by Gasteiger charge is 2.28. The van der Waals surface area contributed by atoms with Crippen LogP contribution in [-0.2, 0) is 22.6 Å². The number of halogens is 1. The van der Waals surface area contributed by atoms with Crippen LogP contribution in [0.2, 0.25) is 5.28 Å². The first-order valence-electron chi connectivity index (χ1n) is 18.3. The van der Waals surface area contributed by atoms with Gasteiger partial charge in [0.05, 0.1) is 40.8 Å². The molecule has 0 unspecified atom stereocenters. The van der Waals surface area contributed by atoms with E-state index in [2.05, 4.69) is 68.9 Å². The SMILES string of the molecule is [C-]#[N+]c1c(CC(=O)O)c(N=Nc2c(C(=O)O)cccc2C(=O)O)c(=O)n(C(=C)Nc2nc(Cl)nc(NCCn3c(O)c(C#N)c(C(=C)OO)c(N=Nc4c(C(=O)O)cccc4C(=O)O)c3=O)n2)c1O. The second-order valence-electron chi connectivity index (χ2n) is 13.1. The Labute approximate surface area is 386 Å². The van der Waals surface area contributed by atoms with Gasteiger partial charge in [-0.1, -0.05) is 25.3 Å². The zero-order chi connectivity index (χ0) is 51.0. The number of carboxylic acids is 5. The number of carboxylic acid groups (broad SMARTS) is 5. The van der Waals surface area contributed by atoms with Gasteiger partial charge in [-0.3, -0.25) is 19.0 Å². The van der Waals surface area contributed by atoms with Crippen molar-refractivity contribution in [3.63, 3.8) is 0 Å². The molecule has 2 aromatic carbocycles. The summed E-state index contributed by atoms with van der Waals surface area (Å²) in [7, 11) is 0. The number of nitriles is 1. The molecular formula is C39H26ClN13O16. The summed E-state index contributed by atoms with van der Waals surface area (Å²) in [4.78, 5) is 106. The first kappa shape index (κ1) is 49.6. The van der Waals surface area contributed by atoms with Gasteiger partial charge in [0, 0.05) is 18.7 Å². The number of anilines is 2. The number of hydrogen-bond acceptors (Lipinski definition) is 21. The summed E-state index contributed by atoms with van der Waals surface area (Å²) in [5.41, 5.74) is -11.9. The largest absolute Gasteiger partial charge is 0.502 e. The number of aromatic hydroxyl groups is 2. The molecule has 0 atom stereocenters. The van der Waals surface area contributed by atoms with E-state index in [0.717, 1.165) is 36.4 Å². The lowest BCUT2D eigenvalue weighted by Gasteiger charge is -2.17. The third kappa shape index (κ3) is 10.3. The molecule has 5 rings (SSSR count). The van der Waals surface area contributed by atoms with E-state index in [0.29, 0.717) is 9.13 Å². The van der Waals surface area contributed by atoms with Gasteiger partial charge >= 0.3 is 29.8 Å². The van der Waals surface area contributed by atoms with Gasteiger partial charge in [-0.2, -0.15) is 20.2 Å². The maximum Gasteiger partial charge on any atom is 0.337 e. The predicted molar refractivity (Wildman–Crippen MR) is 231 cm³/mol. The summed E-state index contributed by atoms with van der Waals surface area (Å²) in [6.07, 6.45) is -1.13.